The van der Waals surface area contributed by atoms with Crippen molar-refractivity contribution >= 4 is 5.91 Å². The molecule has 1 aromatic carbocycles. The van der Waals surface area contributed by atoms with Gasteiger partial charge in [-0.2, -0.15) is 0 Å². The van der Waals surface area contributed by atoms with Crippen LogP contribution in [0.3, 0.4) is 0 Å². The predicted octanol–water partition coefficient (Wildman–Crippen LogP) is 3.35. The number of amides is 1. The lowest BCUT2D eigenvalue weighted by atomic mass is 10.0. The van der Waals surface area contributed by atoms with Crippen LogP contribution in [0.2, 0.25) is 0 Å². The van der Waals surface area contributed by atoms with Gasteiger partial charge in [-0.15, -0.1) is 5.10 Å². The first kappa shape index (κ1) is 19.1. The summed E-state index contributed by atoms with van der Waals surface area (Å²) in [5.41, 5.74) is 3.18. The first-order valence-electron chi connectivity index (χ1n) is 10.7. The van der Waals surface area contributed by atoms with Gasteiger partial charge < -0.3 is 5.32 Å². The highest BCUT2D eigenvalue weighted by atomic mass is 16.2. The zero-order valence-electron chi connectivity index (χ0n) is 16.8. The number of nitrogens with one attached hydrogen (secondary N) is 1. The molecule has 4 rings (SSSR count). The SMILES string of the molecule is CCc1ccc(CN2CCC[C@@H](n3cc(C(=O)NC4CCCC4)nn3)C2)cc1. The third kappa shape index (κ3) is 4.61. The van der Waals surface area contributed by atoms with Gasteiger partial charge in [0.1, 0.15) is 0 Å². The highest BCUT2D eigenvalue weighted by Gasteiger charge is 2.24. The molecule has 0 bridgehead atoms. The van der Waals surface area contributed by atoms with Crippen LogP contribution >= 0.6 is 0 Å². The van der Waals surface area contributed by atoms with E-state index in [1.165, 1.54) is 24.0 Å². The van der Waals surface area contributed by atoms with E-state index in [0.29, 0.717) is 11.7 Å². The van der Waals surface area contributed by atoms with Gasteiger partial charge in [0.2, 0.25) is 0 Å². The molecule has 1 N–H and O–H groups in total. The molecule has 2 fully saturated rings. The molecule has 6 heteroatoms. The fraction of sp³-hybridized carbons (Fsp3) is 0.591. The summed E-state index contributed by atoms with van der Waals surface area (Å²) >= 11 is 0. The standard InChI is InChI=1S/C22H31N5O/c1-2-17-9-11-18(12-10-17)14-26-13-5-8-20(15-26)27-16-21(24-25-27)22(28)23-19-6-3-4-7-19/h9-12,16,19-20H,2-8,13-15H2,1H3,(H,23,28)/t20-/m1/s1. The van der Waals surface area contributed by atoms with Gasteiger partial charge in [0.25, 0.3) is 5.91 Å². The lowest BCUT2D eigenvalue weighted by Crippen LogP contribution is -2.36. The van der Waals surface area contributed by atoms with Crippen LogP contribution in [0.5, 0.6) is 0 Å². The molecule has 2 aliphatic rings. The van der Waals surface area contributed by atoms with Crippen molar-refractivity contribution < 1.29 is 4.79 Å². The number of nitrogens with zero attached hydrogens (tertiary/aromatic N) is 4. The van der Waals surface area contributed by atoms with E-state index in [2.05, 4.69) is 51.7 Å². The van der Waals surface area contributed by atoms with Gasteiger partial charge in [0, 0.05) is 19.1 Å². The minimum Gasteiger partial charge on any atom is -0.348 e. The Morgan fingerprint density at radius 2 is 1.86 bits per heavy atom. The Bertz CT molecular complexity index is 778. The molecule has 1 saturated heterocycles. The topological polar surface area (TPSA) is 63.1 Å². The van der Waals surface area contributed by atoms with Crippen LogP contribution in [-0.4, -0.2) is 44.9 Å². The molecule has 0 unspecified atom stereocenters. The summed E-state index contributed by atoms with van der Waals surface area (Å²) in [6, 6.07) is 9.52. The molecule has 2 aromatic rings. The van der Waals surface area contributed by atoms with Gasteiger partial charge in [-0.25, -0.2) is 4.68 Å². The number of aryl methyl sites for hydroxylation is 1. The number of rotatable bonds is 6. The molecule has 150 valence electrons. The van der Waals surface area contributed by atoms with Crippen molar-refractivity contribution in [2.45, 2.75) is 70.5 Å². The van der Waals surface area contributed by atoms with Crippen LogP contribution in [-0.2, 0) is 13.0 Å². The lowest BCUT2D eigenvalue weighted by molar-refractivity contribution is 0.0932. The molecule has 6 nitrogen and oxygen atoms in total. The van der Waals surface area contributed by atoms with Gasteiger partial charge in [0.15, 0.2) is 5.69 Å². The normalized spacial score (nSPS) is 21.1. The summed E-state index contributed by atoms with van der Waals surface area (Å²) in [4.78, 5) is 14.9. The molecule has 0 radical (unpaired) electrons. The maximum atomic E-state index is 12.4. The summed E-state index contributed by atoms with van der Waals surface area (Å²) < 4.78 is 1.90. The molecule has 1 amide bonds. The molecule has 28 heavy (non-hydrogen) atoms. The molecule has 1 aliphatic carbocycles. The first-order valence-corrected chi connectivity index (χ1v) is 10.7. The van der Waals surface area contributed by atoms with Crippen molar-refractivity contribution in [3.05, 3.63) is 47.3 Å². The van der Waals surface area contributed by atoms with Gasteiger partial charge in [0.05, 0.1) is 12.2 Å². The van der Waals surface area contributed by atoms with E-state index in [1.54, 1.807) is 0 Å². The maximum absolute atomic E-state index is 12.4. The Labute approximate surface area is 167 Å². The Morgan fingerprint density at radius 3 is 2.61 bits per heavy atom. The smallest absolute Gasteiger partial charge is 0.273 e. The molecular weight excluding hydrogens is 350 g/mol. The Balaban J connectivity index is 1.35. The number of carbonyl (C=O) groups excluding carboxylic acids is 1. The average molecular weight is 382 g/mol. The average Bonchev–Trinajstić information content (AvgIpc) is 3.41. The summed E-state index contributed by atoms with van der Waals surface area (Å²) in [6.45, 7) is 5.20. The van der Waals surface area contributed by atoms with Crippen LogP contribution < -0.4 is 5.32 Å². The molecular formula is C22H31N5O. The highest BCUT2D eigenvalue weighted by molar-refractivity contribution is 5.92. The summed E-state index contributed by atoms with van der Waals surface area (Å²) in [7, 11) is 0. The second-order valence-corrected chi connectivity index (χ2v) is 8.24. The van der Waals surface area contributed by atoms with Crippen molar-refractivity contribution in [2.24, 2.45) is 0 Å². The number of hydrogen-bond acceptors (Lipinski definition) is 4. The number of benzene rings is 1. The van der Waals surface area contributed by atoms with Gasteiger partial charge in [-0.3, -0.25) is 9.69 Å². The lowest BCUT2D eigenvalue weighted by Gasteiger charge is -2.32. The molecule has 2 heterocycles. The van der Waals surface area contributed by atoms with E-state index in [0.717, 1.165) is 51.7 Å². The molecule has 0 spiro atoms. The monoisotopic (exact) mass is 381 g/mol. The van der Waals surface area contributed by atoms with Crippen LogP contribution in [0.25, 0.3) is 0 Å². The number of hydrogen-bond donors (Lipinski definition) is 1. The van der Waals surface area contributed by atoms with Gasteiger partial charge in [-0.05, 0) is 49.8 Å². The second-order valence-electron chi connectivity index (χ2n) is 8.24. The third-order valence-electron chi connectivity index (χ3n) is 6.13. The molecule has 1 atom stereocenters. The minimum absolute atomic E-state index is 0.0816. The summed E-state index contributed by atoms with van der Waals surface area (Å²) in [5.74, 6) is -0.0816. The number of carbonyl (C=O) groups is 1. The summed E-state index contributed by atoms with van der Waals surface area (Å²) in [5, 5.41) is 11.5. The van der Waals surface area contributed by atoms with E-state index in [9.17, 15) is 4.79 Å². The predicted molar refractivity (Wildman–Crippen MR) is 109 cm³/mol. The molecule has 1 aliphatic heterocycles. The van der Waals surface area contributed by atoms with Crippen molar-refractivity contribution in [3.63, 3.8) is 0 Å². The molecule has 1 saturated carbocycles. The van der Waals surface area contributed by atoms with Crippen molar-refractivity contribution in [1.29, 1.82) is 0 Å². The van der Waals surface area contributed by atoms with E-state index < -0.39 is 0 Å². The van der Waals surface area contributed by atoms with Crippen LogP contribution in [0.1, 0.15) is 73.1 Å². The quantitative estimate of drug-likeness (QED) is 0.833. The van der Waals surface area contributed by atoms with Crippen molar-refractivity contribution in [2.75, 3.05) is 13.1 Å². The van der Waals surface area contributed by atoms with E-state index in [4.69, 9.17) is 0 Å². The Morgan fingerprint density at radius 1 is 1.11 bits per heavy atom. The number of likely N-dealkylation sites (tertiary alicyclic amines) is 1. The van der Waals surface area contributed by atoms with Crippen LogP contribution in [0.4, 0.5) is 0 Å². The van der Waals surface area contributed by atoms with Crippen LogP contribution in [0.15, 0.2) is 30.5 Å². The minimum atomic E-state index is -0.0816. The molecule has 1 aromatic heterocycles. The highest BCUT2D eigenvalue weighted by Crippen LogP contribution is 2.23. The first-order chi connectivity index (χ1) is 13.7. The Kier molecular flexibility index (Phi) is 6.05. The second kappa shape index (κ2) is 8.86. The van der Waals surface area contributed by atoms with E-state index >= 15 is 0 Å². The van der Waals surface area contributed by atoms with Crippen LogP contribution in [0, 0.1) is 0 Å². The number of piperidine rings is 1. The van der Waals surface area contributed by atoms with E-state index in [1.807, 2.05) is 10.9 Å². The third-order valence-corrected chi connectivity index (χ3v) is 6.13. The largest absolute Gasteiger partial charge is 0.348 e. The fourth-order valence-electron chi connectivity index (χ4n) is 4.42. The zero-order chi connectivity index (χ0) is 19.3. The summed E-state index contributed by atoms with van der Waals surface area (Å²) in [6.07, 6.45) is 9.70. The number of aromatic nitrogens is 3. The maximum Gasteiger partial charge on any atom is 0.273 e. The van der Waals surface area contributed by atoms with Crippen molar-refractivity contribution in [3.8, 4) is 0 Å². The fourth-order valence-corrected chi connectivity index (χ4v) is 4.42. The van der Waals surface area contributed by atoms with Gasteiger partial charge >= 0.3 is 0 Å². The van der Waals surface area contributed by atoms with Gasteiger partial charge in [-0.1, -0.05) is 49.2 Å². The Hall–Kier alpha value is -2.21. The van der Waals surface area contributed by atoms with E-state index in [-0.39, 0.29) is 11.9 Å². The van der Waals surface area contributed by atoms with Crippen molar-refractivity contribution in [1.82, 2.24) is 25.2 Å². The zero-order valence-corrected chi connectivity index (χ0v) is 16.8.